The van der Waals surface area contributed by atoms with Crippen molar-refractivity contribution in [2.45, 2.75) is 6.92 Å². The first-order chi connectivity index (χ1) is 7.29. The van der Waals surface area contributed by atoms with Crippen LogP contribution in [-0.4, -0.2) is 0 Å². The second-order valence-electron chi connectivity index (χ2n) is 3.28. The SMILES string of the molecule is Cc1ccccc1I(I)c1ccccc1. The third-order valence-electron chi connectivity index (χ3n) is 2.18. The molecule has 0 heterocycles. The minimum atomic E-state index is -1.17. The van der Waals surface area contributed by atoms with Gasteiger partial charge in [0.1, 0.15) is 0 Å². The first-order valence-corrected chi connectivity index (χ1v) is 13.2. The van der Waals surface area contributed by atoms with Gasteiger partial charge in [0.15, 0.2) is 0 Å². The molecule has 0 radical (unpaired) electrons. The van der Waals surface area contributed by atoms with Crippen molar-refractivity contribution in [3.8, 4) is 0 Å². The number of aryl methyl sites for hydroxylation is 1. The average Bonchev–Trinajstić information content (AvgIpc) is 2.30. The number of halogens is 2. The van der Waals surface area contributed by atoms with Gasteiger partial charge in [0, 0.05) is 0 Å². The Balaban J connectivity index is 2.37. The van der Waals surface area contributed by atoms with Crippen LogP contribution >= 0.6 is 34.5 Å². The van der Waals surface area contributed by atoms with Crippen molar-refractivity contribution in [2.24, 2.45) is 0 Å². The molecule has 2 rings (SSSR count). The Bertz CT molecular complexity index is 437. The fourth-order valence-electron chi connectivity index (χ4n) is 1.38. The molecule has 2 aromatic carbocycles. The zero-order valence-electron chi connectivity index (χ0n) is 8.45. The molecule has 0 aliphatic carbocycles. The Morgan fingerprint density at radius 1 is 0.867 bits per heavy atom. The van der Waals surface area contributed by atoms with Gasteiger partial charge in [-0.25, -0.2) is 0 Å². The summed E-state index contributed by atoms with van der Waals surface area (Å²) in [6, 6.07) is 19.6. The van der Waals surface area contributed by atoms with E-state index >= 15 is 0 Å². The maximum atomic E-state index is 2.66. The van der Waals surface area contributed by atoms with Gasteiger partial charge in [0.25, 0.3) is 0 Å². The average molecular weight is 422 g/mol. The summed E-state index contributed by atoms with van der Waals surface area (Å²) < 4.78 is 3.09. The summed E-state index contributed by atoms with van der Waals surface area (Å²) in [5, 5.41) is 0. The summed E-state index contributed by atoms with van der Waals surface area (Å²) in [6.45, 7) is 2.21. The van der Waals surface area contributed by atoms with E-state index in [-0.39, 0.29) is 0 Å². The maximum absolute atomic E-state index is 2.66. The molecule has 0 amide bonds. The van der Waals surface area contributed by atoms with E-state index in [1.807, 2.05) is 0 Å². The van der Waals surface area contributed by atoms with Gasteiger partial charge in [-0.2, -0.15) is 0 Å². The second-order valence-corrected chi connectivity index (χ2v) is 12.5. The molecule has 15 heavy (non-hydrogen) atoms. The predicted molar refractivity (Wildman–Crippen MR) is 83.1 cm³/mol. The molecule has 2 aromatic rings. The Kier molecular flexibility index (Phi) is 4.02. The fraction of sp³-hybridized carbons (Fsp3) is 0.0769. The summed E-state index contributed by atoms with van der Waals surface area (Å²) >= 11 is 1.48. The molecule has 0 nitrogen and oxygen atoms in total. The number of benzene rings is 2. The first kappa shape index (κ1) is 11.4. The Hall–Kier alpha value is -0.100. The van der Waals surface area contributed by atoms with Crippen LogP contribution in [0.3, 0.4) is 0 Å². The normalized spacial score (nSPS) is 11.2. The van der Waals surface area contributed by atoms with Gasteiger partial charge in [0.05, 0.1) is 0 Å². The van der Waals surface area contributed by atoms with Crippen molar-refractivity contribution in [1.29, 1.82) is 0 Å². The summed E-state index contributed by atoms with van der Waals surface area (Å²) in [5.74, 6) is 0. The first-order valence-electron chi connectivity index (χ1n) is 4.76. The molecule has 0 aliphatic heterocycles. The van der Waals surface area contributed by atoms with E-state index < -0.39 is 15.8 Å². The van der Waals surface area contributed by atoms with Crippen LogP contribution < -0.4 is 0 Å². The van der Waals surface area contributed by atoms with Gasteiger partial charge in [-0.15, -0.1) is 0 Å². The van der Waals surface area contributed by atoms with Crippen LogP contribution in [0.1, 0.15) is 5.56 Å². The van der Waals surface area contributed by atoms with Crippen LogP contribution in [0.25, 0.3) is 0 Å². The molecule has 0 atom stereocenters. The predicted octanol–water partition coefficient (Wildman–Crippen LogP) is 4.89. The fourth-order valence-corrected chi connectivity index (χ4v) is 9.44. The minimum absolute atomic E-state index is 1.17. The van der Waals surface area contributed by atoms with Gasteiger partial charge in [-0.3, -0.25) is 0 Å². The summed E-state index contributed by atoms with van der Waals surface area (Å²) in [4.78, 5) is 0. The topological polar surface area (TPSA) is 0 Å². The molecular weight excluding hydrogens is 410 g/mol. The number of hydrogen-bond acceptors (Lipinski definition) is 0. The standard InChI is InChI=1S/C13H12I2/c1-11-7-5-6-10-13(11)15(14)12-8-3-2-4-9-12/h2-10H,1H3. The van der Waals surface area contributed by atoms with Gasteiger partial charge in [0.2, 0.25) is 0 Å². The van der Waals surface area contributed by atoms with E-state index in [1.165, 1.54) is 9.13 Å². The van der Waals surface area contributed by atoms with Crippen LogP contribution in [0.5, 0.6) is 0 Å². The number of rotatable bonds is 2. The molecule has 78 valence electrons. The van der Waals surface area contributed by atoms with E-state index in [9.17, 15) is 0 Å². The van der Waals surface area contributed by atoms with Gasteiger partial charge in [-0.05, 0) is 0 Å². The molecule has 0 saturated carbocycles. The molecule has 2 heteroatoms. The number of hydrogen-bond donors (Lipinski definition) is 0. The van der Waals surface area contributed by atoms with Crippen LogP contribution in [0.15, 0.2) is 54.6 Å². The molecule has 0 fully saturated rings. The molecule has 0 spiro atoms. The molecule has 0 N–H and O–H groups in total. The van der Waals surface area contributed by atoms with E-state index in [0.717, 1.165) is 0 Å². The Morgan fingerprint density at radius 2 is 1.47 bits per heavy atom. The van der Waals surface area contributed by atoms with E-state index in [1.54, 1.807) is 3.57 Å². The van der Waals surface area contributed by atoms with Crippen molar-refractivity contribution in [1.82, 2.24) is 0 Å². The molecule has 0 aliphatic rings. The molecular formula is C13H12I2. The monoisotopic (exact) mass is 422 g/mol. The van der Waals surface area contributed by atoms with Crippen molar-refractivity contribution >= 4 is 34.5 Å². The van der Waals surface area contributed by atoms with Crippen molar-refractivity contribution in [2.75, 3.05) is 0 Å². The van der Waals surface area contributed by atoms with Crippen molar-refractivity contribution < 1.29 is 0 Å². The van der Waals surface area contributed by atoms with Crippen molar-refractivity contribution in [3.63, 3.8) is 0 Å². The molecule has 0 unspecified atom stereocenters. The Labute approximate surface area is 108 Å². The second kappa shape index (κ2) is 5.30. The van der Waals surface area contributed by atoms with E-state index in [0.29, 0.717) is 0 Å². The summed E-state index contributed by atoms with van der Waals surface area (Å²) in [7, 11) is 0. The molecule has 0 aromatic heterocycles. The Morgan fingerprint density at radius 3 is 2.13 bits per heavy atom. The molecule has 0 saturated heterocycles. The van der Waals surface area contributed by atoms with Gasteiger partial charge >= 0.3 is 109 Å². The third kappa shape index (κ3) is 2.72. The van der Waals surface area contributed by atoms with Gasteiger partial charge in [-0.1, -0.05) is 0 Å². The van der Waals surface area contributed by atoms with Crippen LogP contribution in [0.2, 0.25) is 0 Å². The van der Waals surface area contributed by atoms with Crippen LogP contribution in [0.4, 0.5) is 0 Å². The summed E-state index contributed by atoms with van der Waals surface area (Å²) in [6.07, 6.45) is 0. The zero-order chi connectivity index (χ0) is 10.7. The van der Waals surface area contributed by atoms with Crippen LogP contribution in [0, 0.1) is 14.1 Å². The molecule has 0 bridgehead atoms. The summed E-state index contributed by atoms with van der Waals surface area (Å²) in [5.41, 5.74) is 1.43. The third-order valence-corrected chi connectivity index (χ3v) is 12.3. The van der Waals surface area contributed by atoms with E-state index in [2.05, 4.69) is 80.1 Å². The van der Waals surface area contributed by atoms with Crippen LogP contribution in [-0.2, 0) is 0 Å². The van der Waals surface area contributed by atoms with Crippen molar-refractivity contribution in [3.05, 3.63) is 67.3 Å². The zero-order valence-corrected chi connectivity index (χ0v) is 12.8. The van der Waals surface area contributed by atoms with E-state index in [4.69, 9.17) is 0 Å². The quantitative estimate of drug-likeness (QED) is 0.605. The van der Waals surface area contributed by atoms with Gasteiger partial charge < -0.3 is 0 Å².